The van der Waals surface area contributed by atoms with E-state index in [1.54, 1.807) is 19.1 Å². The molecule has 0 saturated heterocycles. The van der Waals surface area contributed by atoms with Gasteiger partial charge in [0.2, 0.25) is 12.5 Å². The van der Waals surface area contributed by atoms with Crippen molar-refractivity contribution in [2.45, 2.75) is 19.4 Å². The highest BCUT2D eigenvalue weighted by Crippen LogP contribution is 2.42. The fraction of sp³-hybridized carbons (Fsp3) is 0.455. The van der Waals surface area contributed by atoms with Crippen molar-refractivity contribution < 1.29 is 18.7 Å². The van der Waals surface area contributed by atoms with Gasteiger partial charge < -0.3 is 19.9 Å². The van der Waals surface area contributed by atoms with E-state index in [9.17, 15) is 5.11 Å². The van der Waals surface area contributed by atoms with Crippen LogP contribution in [0, 0.1) is 0 Å². The number of ether oxygens (including phenoxy) is 2. The van der Waals surface area contributed by atoms with E-state index >= 15 is 0 Å². The van der Waals surface area contributed by atoms with Crippen molar-refractivity contribution in [2.75, 3.05) is 13.8 Å². The highest BCUT2D eigenvalue weighted by Gasteiger charge is 2.20. The van der Waals surface area contributed by atoms with Gasteiger partial charge >= 0.3 is 0 Å². The molecule has 1 atom stereocenters. The van der Waals surface area contributed by atoms with E-state index in [0.717, 1.165) is 0 Å². The third-order valence-electron chi connectivity index (χ3n) is 2.37. The number of phenols is 1. The number of aromatic hydroxyl groups is 1. The molecule has 4 nitrogen and oxygen atoms in total. The molecule has 2 rings (SSSR count). The largest absolute Gasteiger partial charge is 0.504 e. The first-order valence-corrected chi connectivity index (χ1v) is 4.75. The molecule has 0 unspecified atom stereocenters. The summed E-state index contributed by atoms with van der Waals surface area (Å²) < 4.78 is 31.6. The van der Waals surface area contributed by atoms with Crippen molar-refractivity contribution in [1.82, 2.24) is 5.32 Å². The molecule has 4 heteroatoms. The lowest BCUT2D eigenvalue weighted by molar-refractivity contribution is 0.171. The summed E-state index contributed by atoms with van der Waals surface area (Å²) in [5.41, 5.74) is 0.628. The molecule has 0 fully saturated rings. The van der Waals surface area contributed by atoms with Gasteiger partial charge in [-0.2, -0.15) is 0 Å². The Hall–Kier alpha value is -1.42. The topological polar surface area (TPSA) is 50.7 Å². The SMILES string of the molecule is [2H]C([2H])([2H])N[C@@H](C)Cc1ccc2c(c1O)OCO2. The molecule has 0 saturated carbocycles. The molecule has 82 valence electrons. The zero-order valence-corrected chi connectivity index (χ0v) is 8.41. The Morgan fingerprint density at radius 3 is 3.27 bits per heavy atom. The fourth-order valence-electron chi connectivity index (χ4n) is 1.54. The molecule has 1 aliphatic heterocycles. The van der Waals surface area contributed by atoms with Crippen molar-refractivity contribution in [2.24, 2.45) is 0 Å². The van der Waals surface area contributed by atoms with E-state index in [2.05, 4.69) is 5.32 Å². The molecular weight excluding hydrogens is 194 g/mol. The van der Waals surface area contributed by atoms with Crippen molar-refractivity contribution >= 4 is 0 Å². The molecule has 1 aliphatic rings. The number of phenolic OH excluding ortho intramolecular Hbond substituents is 1. The molecule has 0 bridgehead atoms. The number of likely N-dealkylation sites (N-methyl/N-ethyl adjacent to an activating group) is 1. The molecule has 0 aromatic heterocycles. The van der Waals surface area contributed by atoms with Crippen LogP contribution in [0.25, 0.3) is 0 Å². The third-order valence-corrected chi connectivity index (χ3v) is 2.37. The van der Waals surface area contributed by atoms with Gasteiger partial charge in [0, 0.05) is 10.2 Å². The molecule has 1 aromatic rings. The molecule has 1 aromatic carbocycles. The summed E-state index contributed by atoms with van der Waals surface area (Å²) in [6, 6.07) is 3.13. The van der Waals surface area contributed by atoms with E-state index < -0.39 is 6.98 Å². The van der Waals surface area contributed by atoms with Gasteiger partial charge in [0.1, 0.15) is 0 Å². The Bertz CT molecular complexity index is 448. The summed E-state index contributed by atoms with van der Waals surface area (Å²) in [6.07, 6.45) is 0.390. The number of rotatable bonds is 3. The summed E-state index contributed by atoms with van der Waals surface area (Å²) in [5.74, 6) is 0.852. The monoisotopic (exact) mass is 212 g/mol. The predicted octanol–water partition coefficient (Wildman–Crippen LogP) is 1.27. The molecule has 0 radical (unpaired) electrons. The van der Waals surface area contributed by atoms with Gasteiger partial charge in [0.15, 0.2) is 11.5 Å². The highest BCUT2D eigenvalue weighted by molar-refractivity contribution is 5.56. The zero-order chi connectivity index (χ0) is 13.3. The fourth-order valence-corrected chi connectivity index (χ4v) is 1.54. The van der Waals surface area contributed by atoms with Crippen LogP contribution in [0.2, 0.25) is 0 Å². The first-order chi connectivity index (χ1) is 8.37. The van der Waals surface area contributed by atoms with E-state index in [-0.39, 0.29) is 18.6 Å². The number of nitrogens with one attached hydrogen (secondary N) is 1. The Labute approximate surface area is 93.0 Å². The molecular formula is C11H15NO3. The van der Waals surface area contributed by atoms with Gasteiger partial charge in [-0.15, -0.1) is 0 Å². The van der Waals surface area contributed by atoms with Crippen LogP contribution in [-0.4, -0.2) is 24.9 Å². The number of benzene rings is 1. The second-order valence-corrected chi connectivity index (χ2v) is 3.56. The van der Waals surface area contributed by atoms with Crippen LogP contribution in [0.5, 0.6) is 17.2 Å². The minimum Gasteiger partial charge on any atom is -0.504 e. The number of hydrogen-bond acceptors (Lipinski definition) is 4. The van der Waals surface area contributed by atoms with E-state index in [0.29, 0.717) is 23.5 Å². The molecule has 15 heavy (non-hydrogen) atoms. The van der Waals surface area contributed by atoms with Crippen LogP contribution in [0.1, 0.15) is 16.6 Å². The van der Waals surface area contributed by atoms with Crippen molar-refractivity contribution in [3.05, 3.63) is 17.7 Å². The van der Waals surface area contributed by atoms with Crippen LogP contribution in [-0.2, 0) is 6.42 Å². The minimum absolute atomic E-state index is 0.0178. The van der Waals surface area contributed by atoms with Crippen LogP contribution in [0.15, 0.2) is 12.1 Å². The van der Waals surface area contributed by atoms with E-state index in [4.69, 9.17) is 13.6 Å². The second-order valence-electron chi connectivity index (χ2n) is 3.56. The Morgan fingerprint density at radius 2 is 2.47 bits per heavy atom. The van der Waals surface area contributed by atoms with Crippen molar-refractivity contribution in [3.63, 3.8) is 0 Å². The minimum atomic E-state index is -2.19. The zero-order valence-electron chi connectivity index (χ0n) is 11.4. The van der Waals surface area contributed by atoms with E-state index in [1.807, 2.05) is 0 Å². The second kappa shape index (κ2) is 3.98. The van der Waals surface area contributed by atoms with E-state index in [1.165, 1.54) is 0 Å². The van der Waals surface area contributed by atoms with Gasteiger partial charge in [-0.1, -0.05) is 6.07 Å². The number of fused-ring (bicyclic) bond motifs is 1. The average Bonchev–Trinajstić information content (AvgIpc) is 2.68. The van der Waals surface area contributed by atoms with Gasteiger partial charge in [0.25, 0.3) is 0 Å². The molecule has 0 amide bonds. The maximum atomic E-state index is 9.98. The normalized spacial score (nSPS) is 19.1. The summed E-state index contributed by atoms with van der Waals surface area (Å²) in [4.78, 5) is 0. The number of hydrogen-bond donors (Lipinski definition) is 2. The highest BCUT2D eigenvalue weighted by atomic mass is 16.7. The van der Waals surface area contributed by atoms with Gasteiger partial charge in [-0.3, -0.25) is 0 Å². The molecule has 2 N–H and O–H groups in total. The summed E-state index contributed by atoms with van der Waals surface area (Å²) in [5, 5.41) is 12.5. The summed E-state index contributed by atoms with van der Waals surface area (Å²) >= 11 is 0. The maximum Gasteiger partial charge on any atom is 0.231 e. The van der Waals surface area contributed by atoms with Crippen LogP contribution in [0.3, 0.4) is 0 Å². The van der Waals surface area contributed by atoms with Crippen LogP contribution in [0.4, 0.5) is 0 Å². The first-order valence-electron chi connectivity index (χ1n) is 6.25. The van der Waals surface area contributed by atoms with Crippen LogP contribution < -0.4 is 14.8 Å². The first kappa shape index (κ1) is 6.95. The van der Waals surface area contributed by atoms with Crippen LogP contribution >= 0.6 is 0 Å². The smallest absolute Gasteiger partial charge is 0.231 e. The van der Waals surface area contributed by atoms with Gasteiger partial charge in [-0.25, -0.2) is 0 Å². The molecule has 0 spiro atoms. The Balaban J connectivity index is 2.11. The third kappa shape index (κ3) is 1.85. The average molecular weight is 212 g/mol. The van der Waals surface area contributed by atoms with Crippen molar-refractivity contribution in [3.8, 4) is 17.2 Å². The maximum absolute atomic E-state index is 9.98. The lowest BCUT2D eigenvalue weighted by Gasteiger charge is -2.12. The quantitative estimate of drug-likeness (QED) is 0.792. The lowest BCUT2D eigenvalue weighted by atomic mass is 10.1. The van der Waals surface area contributed by atoms with Crippen molar-refractivity contribution in [1.29, 1.82) is 0 Å². The molecule has 1 heterocycles. The summed E-state index contributed by atoms with van der Waals surface area (Å²) in [6.45, 7) is -0.350. The lowest BCUT2D eigenvalue weighted by Crippen LogP contribution is -2.23. The predicted molar refractivity (Wildman–Crippen MR) is 56.5 cm³/mol. The molecule has 0 aliphatic carbocycles. The van der Waals surface area contributed by atoms with Gasteiger partial charge in [0.05, 0.1) is 0 Å². The standard InChI is InChI=1S/C11H15NO3/c1-7(12-2)5-8-3-4-9-11(10(8)13)15-6-14-9/h3-4,7,12-13H,5-6H2,1-2H3/t7-/m0/s1/i2D3. The Kier molecular flexibility index (Phi) is 1.85. The summed E-state index contributed by atoms with van der Waals surface area (Å²) in [7, 11) is 0. The Morgan fingerprint density at radius 1 is 1.60 bits per heavy atom. The van der Waals surface area contributed by atoms with Gasteiger partial charge in [-0.05, 0) is 32.0 Å².